The summed E-state index contributed by atoms with van der Waals surface area (Å²) in [4.78, 5) is 31.7. The molecule has 34 heavy (non-hydrogen) atoms. The van der Waals surface area contributed by atoms with E-state index in [0.29, 0.717) is 17.8 Å². The molecule has 0 fully saturated rings. The first-order chi connectivity index (χ1) is 16.2. The van der Waals surface area contributed by atoms with Gasteiger partial charge in [-0.2, -0.15) is 0 Å². The predicted octanol–water partition coefficient (Wildman–Crippen LogP) is 5.38. The Labute approximate surface area is 198 Å². The van der Waals surface area contributed by atoms with Crippen LogP contribution >= 0.6 is 0 Å². The first-order valence-corrected chi connectivity index (χ1v) is 11.2. The highest BCUT2D eigenvalue weighted by Gasteiger charge is 2.18. The second-order valence-corrected chi connectivity index (χ2v) is 9.32. The fraction of sp³-hybridized carbons (Fsp3) is 0.296. The Morgan fingerprint density at radius 2 is 1.85 bits per heavy atom. The quantitative estimate of drug-likeness (QED) is 0.391. The topological polar surface area (TPSA) is 93.3 Å². The number of nitrogens with one attached hydrogen (secondary N) is 2. The number of benzene rings is 2. The van der Waals surface area contributed by atoms with Crippen LogP contribution in [-0.4, -0.2) is 35.3 Å². The number of amides is 1. The van der Waals surface area contributed by atoms with Crippen molar-refractivity contribution in [2.24, 2.45) is 0 Å². The van der Waals surface area contributed by atoms with Crippen molar-refractivity contribution in [1.82, 2.24) is 15.3 Å². The van der Waals surface area contributed by atoms with E-state index >= 15 is 0 Å². The smallest absolute Gasteiger partial charge is 0.407 e. The van der Waals surface area contributed by atoms with E-state index in [0.717, 1.165) is 33.0 Å². The van der Waals surface area contributed by atoms with Gasteiger partial charge in [-0.05, 0) is 56.0 Å². The molecule has 0 aliphatic carbocycles. The van der Waals surface area contributed by atoms with Crippen LogP contribution in [0.2, 0.25) is 0 Å². The normalized spacial score (nSPS) is 12.5. The maximum Gasteiger partial charge on any atom is 0.407 e. The summed E-state index contributed by atoms with van der Waals surface area (Å²) >= 11 is 0. The van der Waals surface area contributed by atoms with Gasteiger partial charge in [0.2, 0.25) is 0 Å². The number of H-pyrrole nitrogens is 1. The van der Waals surface area contributed by atoms with Crippen molar-refractivity contribution in [2.75, 3.05) is 13.7 Å². The standard InChI is InChI=1S/C27H29N3O4/c1-16(15-29-26(32)34-27(2,3)4)17-8-10-18(11-9-17)22-21(33-5)13-12-20-23(22)19-7-6-14-28-24(19)25(31)30-20/h6-14,16H,15H2,1-5H3,(H,29,32)(H,30,31). The SMILES string of the molecule is COc1ccc2[nH]c(=O)c3ncccc3c2c1-c1ccc(C(C)CNC(=O)OC(C)(C)C)cc1. The maximum absolute atomic E-state index is 12.5. The minimum absolute atomic E-state index is 0.0948. The third-order valence-corrected chi connectivity index (χ3v) is 5.65. The van der Waals surface area contributed by atoms with Crippen molar-refractivity contribution >= 4 is 27.9 Å². The number of hydrogen-bond donors (Lipinski definition) is 2. The highest BCUT2D eigenvalue weighted by Crippen LogP contribution is 2.39. The minimum Gasteiger partial charge on any atom is -0.496 e. The first kappa shape index (κ1) is 23.3. The molecule has 0 saturated heterocycles. The Balaban J connectivity index is 1.69. The van der Waals surface area contributed by atoms with Crippen molar-refractivity contribution in [3.63, 3.8) is 0 Å². The number of fused-ring (bicyclic) bond motifs is 3. The molecule has 176 valence electrons. The molecule has 2 aromatic heterocycles. The second kappa shape index (κ2) is 9.17. The van der Waals surface area contributed by atoms with Crippen molar-refractivity contribution in [3.05, 3.63) is 70.6 Å². The summed E-state index contributed by atoms with van der Waals surface area (Å²) in [5, 5.41) is 4.49. The average molecular weight is 460 g/mol. The summed E-state index contributed by atoms with van der Waals surface area (Å²) in [6, 6.07) is 15.6. The van der Waals surface area contributed by atoms with Crippen LogP contribution in [0.25, 0.3) is 32.9 Å². The summed E-state index contributed by atoms with van der Waals surface area (Å²) in [5.41, 5.74) is 3.29. The average Bonchev–Trinajstić information content (AvgIpc) is 2.81. The maximum atomic E-state index is 12.5. The van der Waals surface area contributed by atoms with Gasteiger partial charge in [-0.3, -0.25) is 9.78 Å². The Hall–Kier alpha value is -3.87. The molecular formula is C27H29N3O4. The van der Waals surface area contributed by atoms with Gasteiger partial charge < -0.3 is 19.8 Å². The van der Waals surface area contributed by atoms with Gasteiger partial charge in [-0.15, -0.1) is 0 Å². The number of ether oxygens (including phenoxy) is 2. The molecule has 0 saturated carbocycles. The molecule has 7 heteroatoms. The van der Waals surface area contributed by atoms with Crippen LogP contribution in [0.15, 0.2) is 59.5 Å². The van der Waals surface area contributed by atoms with Gasteiger partial charge >= 0.3 is 6.09 Å². The van der Waals surface area contributed by atoms with Crippen LogP contribution in [0, 0.1) is 0 Å². The molecule has 0 radical (unpaired) electrons. The van der Waals surface area contributed by atoms with Crippen LogP contribution in [0.1, 0.15) is 39.2 Å². The number of nitrogens with zero attached hydrogens (tertiary/aromatic N) is 1. The summed E-state index contributed by atoms with van der Waals surface area (Å²) in [6.45, 7) is 8.03. The molecular weight excluding hydrogens is 430 g/mol. The number of rotatable bonds is 5. The van der Waals surface area contributed by atoms with Crippen molar-refractivity contribution in [2.45, 2.75) is 39.2 Å². The zero-order valence-corrected chi connectivity index (χ0v) is 20.1. The van der Waals surface area contributed by atoms with Gasteiger partial charge in [0.25, 0.3) is 5.56 Å². The lowest BCUT2D eigenvalue weighted by molar-refractivity contribution is 0.0525. The molecule has 4 rings (SSSR count). The van der Waals surface area contributed by atoms with E-state index in [9.17, 15) is 9.59 Å². The number of hydrogen-bond acceptors (Lipinski definition) is 5. The van der Waals surface area contributed by atoms with Crippen LogP contribution in [-0.2, 0) is 4.74 Å². The third-order valence-electron chi connectivity index (χ3n) is 5.65. The first-order valence-electron chi connectivity index (χ1n) is 11.2. The number of aromatic nitrogens is 2. The molecule has 7 nitrogen and oxygen atoms in total. The summed E-state index contributed by atoms with van der Waals surface area (Å²) in [5.74, 6) is 0.800. The number of aromatic amines is 1. The molecule has 0 spiro atoms. The summed E-state index contributed by atoms with van der Waals surface area (Å²) in [7, 11) is 1.63. The van der Waals surface area contributed by atoms with Gasteiger partial charge in [0.05, 0.1) is 7.11 Å². The number of carbonyl (C=O) groups excluding carboxylic acids is 1. The largest absolute Gasteiger partial charge is 0.496 e. The molecule has 2 aromatic carbocycles. The molecule has 0 aliphatic rings. The van der Waals surface area contributed by atoms with E-state index in [4.69, 9.17) is 9.47 Å². The summed E-state index contributed by atoms with van der Waals surface area (Å²) in [6.07, 6.45) is 1.19. The van der Waals surface area contributed by atoms with Crippen LogP contribution in [0.3, 0.4) is 0 Å². The number of pyridine rings is 2. The Morgan fingerprint density at radius 3 is 2.53 bits per heavy atom. The zero-order chi connectivity index (χ0) is 24.5. The van der Waals surface area contributed by atoms with Crippen molar-refractivity contribution in [1.29, 1.82) is 0 Å². The van der Waals surface area contributed by atoms with Gasteiger partial charge in [-0.1, -0.05) is 37.3 Å². The van der Waals surface area contributed by atoms with E-state index in [2.05, 4.69) is 22.2 Å². The summed E-state index contributed by atoms with van der Waals surface area (Å²) < 4.78 is 11.0. The highest BCUT2D eigenvalue weighted by atomic mass is 16.6. The van der Waals surface area contributed by atoms with Gasteiger partial charge in [0, 0.05) is 34.6 Å². The second-order valence-electron chi connectivity index (χ2n) is 9.32. The lowest BCUT2D eigenvalue weighted by Gasteiger charge is -2.21. The molecule has 1 unspecified atom stereocenters. The monoisotopic (exact) mass is 459 g/mol. The van der Waals surface area contributed by atoms with E-state index < -0.39 is 11.7 Å². The van der Waals surface area contributed by atoms with Crippen molar-refractivity contribution in [3.8, 4) is 16.9 Å². The predicted molar refractivity (Wildman–Crippen MR) is 135 cm³/mol. The molecule has 2 N–H and O–H groups in total. The highest BCUT2D eigenvalue weighted by molar-refractivity contribution is 6.13. The van der Waals surface area contributed by atoms with E-state index in [1.165, 1.54) is 0 Å². The number of alkyl carbamates (subject to hydrolysis) is 1. The van der Waals surface area contributed by atoms with Gasteiger partial charge in [-0.25, -0.2) is 4.79 Å². The lowest BCUT2D eigenvalue weighted by atomic mass is 9.93. The fourth-order valence-electron chi connectivity index (χ4n) is 4.04. The molecule has 1 atom stereocenters. The molecule has 1 amide bonds. The van der Waals surface area contributed by atoms with Crippen LogP contribution < -0.4 is 15.6 Å². The molecule has 2 heterocycles. The number of carbonyl (C=O) groups is 1. The lowest BCUT2D eigenvalue weighted by Crippen LogP contribution is -2.34. The number of methoxy groups -OCH3 is 1. The van der Waals surface area contributed by atoms with Crippen LogP contribution in [0.5, 0.6) is 5.75 Å². The van der Waals surface area contributed by atoms with Crippen molar-refractivity contribution < 1.29 is 14.3 Å². The van der Waals surface area contributed by atoms with E-state index in [1.807, 2.05) is 69.3 Å². The van der Waals surface area contributed by atoms with Gasteiger partial charge in [0.15, 0.2) is 0 Å². The molecule has 0 bridgehead atoms. The van der Waals surface area contributed by atoms with Gasteiger partial charge in [0.1, 0.15) is 16.9 Å². The third kappa shape index (κ3) is 4.73. The molecule has 4 aromatic rings. The zero-order valence-electron chi connectivity index (χ0n) is 20.1. The minimum atomic E-state index is -0.531. The Morgan fingerprint density at radius 1 is 1.12 bits per heavy atom. The fourth-order valence-corrected chi connectivity index (χ4v) is 4.04. The Kier molecular flexibility index (Phi) is 6.28. The van der Waals surface area contributed by atoms with E-state index in [-0.39, 0.29) is 11.5 Å². The Bertz CT molecular complexity index is 1400. The van der Waals surface area contributed by atoms with E-state index in [1.54, 1.807) is 13.3 Å². The van der Waals surface area contributed by atoms with Crippen LogP contribution in [0.4, 0.5) is 4.79 Å². The molecule has 0 aliphatic heterocycles.